The van der Waals surface area contributed by atoms with Crippen LogP contribution in [0.4, 0.5) is 5.69 Å². The average molecular weight is 393 g/mol. The monoisotopic (exact) mass is 392 g/mol. The van der Waals surface area contributed by atoms with Crippen LogP contribution in [-0.4, -0.2) is 13.4 Å². The second kappa shape index (κ2) is 7.13. The van der Waals surface area contributed by atoms with Crippen LogP contribution in [0.2, 0.25) is 0 Å². The largest absolute Gasteiger partial charge is 0.287 e. The molecule has 142 valence electrons. The molecular weight excluding hydrogens is 370 g/mol. The number of anilines is 1. The van der Waals surface area contributed by atoms with E-state index in [0.29, 0.717) is 5.69 Å². The lowest BCUT2D eigenvalue weighted by Crippen LogP contribution is -2.17. The number of sulfonamides is 1. The van der Waals surface area contributed by atoms with Crippen molar-refractivity contribution in [2.45, 2.75) is 25.2 Å². The predicted octanol–water partition coefficient (Wildman–Crippen LogP) is 4.09. The Bertz CT molecular complexity index is 1230. The van der Waals surface area contributed by atoms with Crippen molar-refractivity contribution in [2.24, 2.45) is 0 Å². The average Bonchev–Trinajstić information content (AvgIpc) is 3.14. The molecule has 0 fully saturated rings. The van der Waals surface area contributed by atoms with E-state index in [1.807, 2.05) is 54.0 Å². The van der Waals surface area contributed by atoms with Gasteiger partial charge in [0.25, 0.3) is 15.7 Å². The summed E-state index contributed by atoms with van der Waals surface area (Å²) in [5.74, 6) is 0. The lowest BCUT2D eigenvalue weighted by molar-refractivity contribution is -0.509. The topological polar surface area (TPSA) is 66.1 Å². The molecule has 5 nitrogen and oxygen atoms in total. The first-order valence-electron chi connectivity index (χ1n) is 9.18. The first kappa shape index (κ1) is 18.3. The van der Waals surface area contributed by atoms with E-state index in [1.165, 1.54) is 0 Å². The van der Waals surface area contributed by atoms with E-state index in [2.05, 4.69) is 22.7 Å². The molecular formula is C22H22N3O2S+. The standard InChI is InChI=1S/C22H21N3O2S/c1-3-17-6-12-20(13-7-17)28(26,27)24-19-10-8-18(9-11-19)21-15-25-14-4-5-16(2)22(25)23-21/h4-15,24H,3H2,1-2H3/p+1. The van der Waals surface area contributed by atoms with Crippen molar-refractivity contribution < 1.29 is 12.8 Å². The van der Waals surface area contributed by atoms with E-state index in [-0.39, 0.29) is 4.90 Å². The van der Waals surface area contributed by atoms with E-state index < -0.39 is 10.0 Å². The molecule has 2 heterocycles. The van der Waals surface area contributed by atoms with Crippen LogP contribution in [0.25, 0.3) is 16.9 Å². The third-order valence-corrected chi connectivity index (χ3v) is 6.23. The number of hydrogen-bond donors (Lipinski definition) is 2. The highest BCUT2D eigenvalue weighted by Gasteiger charge is 2.15. The second-order valence-electron chi connectivity index (χ2n) is 6.80. The number of nitrogens with zero attached hydrogens (tertiary/aromatic N) is 1. The molecule has 0 bridgehead atoms. The number of fused-ring (bicyclic) bond motifs is 1. The highest BCUT2D eigenvalue weighted by atomic mass is 32.2. The molecule has 0 aliphatic heterocycles. The Kier molecular flexibility index (Phi) is 4.65. The first-order chi connectivity index (χ1) is 13.5. The molecule has 4 rings (SSSR count). The van der Waals surface area contributed by atoms with E-state index in [1.54, 1.807) is 24.3 Å². The molecule has 0 unspecified atom stereocenters. The van der Waals surface area contributed by atoms with Crippen LogP contribution in [0.15, 0.2) is 78.0 Å². The zero-order valence-electron chi connectivity index (χ0n) is 15.8. The van der Waals surface area contributed by atoms with Gasteiger partial charge in [0.1, 0.15) is 6.20 Å². The number of imidazole rings is 1. The summed E-state index contributed by atoms with van der Waals surface area (Å²) in [6.45, 7) is 4.09. The van der Waals surface area contributed by atoms with Gasteiger partial charge in [-0.15, -0.1) is 0 Å². The summed E-state index contributed by atoms with van der Waals surface area (Å²) in [5, 5.41) is 0. The van der Waals surface area contributed by atoms with Gasteiger partial charge < -0.3 is 0 Å². The summed E-state index contributed by atoms with van der Waals surface area (Å²) in [7, 11) is -3.60. The molecule has 0 amide bonds. The van der Waals surface area contributed by atoms with Gasteiger partial charge in [0.15, 0.2) is 5.69 Å². The number of hydrogen-bond acceptors (Lipinski definition) is 2. The summed E-state index contributed by atoms with van der Waals surface area (Å²) in [4.78, 5) is 3.67. The van der Waals surface area contributed by atoms with Crippen molar-refractivity contribution in [1.29, 1.82) is 0 Å². The number of benzene rings is 2. The smallest absolute Gasteiger partial charge is 0.280 e. The number of nitrogens with one attached hydrogen (secondary N) is 2. The molecule has 2 N–H and O–H groups in total. The Morgan fingerprint density at radius 3 is 2.36 bits per heavy atom. The van der Waals surface area contributed by atoms with Gasteiger partial charge in [-0.25, -0.2) is 17.8 Å². The Morgan fingerprint density at radius 1 is 1.00 bits per heavy atom. The molecule has 0 aliphatic rings. The number of rotatable bonds is 5. The maximum Gasteiger partial charge on any atom is 0.287 e. The molecule has 0 saturated carbocycles. The van der Waals surface area contributed by atoms with Crippen LogP contribution in [0, 0.1) is 6.92 Å². The van der Waals surface area contributed by atoms with Crippen molar-refractivity contribution in [1.82, 2.24) is 4.98 Å². The van der Waals surface area contributed by atoms with Crippen LogP contribution in [0.5, 0.6) is 0 Å². The van der Waals surface area contributed by atoms with Crippen molar-refractivity contribution in [3.05, 3.63) is 84.2 Å². The van der Waals surface area contributed by atoms with Gasteiger partial charge in [0.05, 0.1) is 11.1 Å². The molecule has 0 saturated heterocycles. The molecule has 2 aromatic heterocycles. The maximum absolute atomic E-state index is 12.6. The van der Waals surface area contributed by atoms with Crippen molar-refractivity contribution in [3.8, 4) is 11.3 Å². The molecule has 0 atom stereocenters. The maximum atomic E-state index is 12.6. The third-order valence-electron chi connectivity index (χ3n) is 4.84. The van der Waals surface area contributed by atoms with Gasteiger partial charge in [-0.2, -0.15) is 0 Å². The summed E-state index contributed by atoms with van der Waals surface area (Å²) in [5.41, 5.74) is 5.79. The fourth-order valence-corrected chi connectivity index (χ4v) is 4.25. The fourth-order valence-electron chi connectivity index (χ4n) is 3.19. The minimum atomic E-state index is -3.60. The molecule has 28 heavy (non-hydrogen) atoms. The van der Waals surface area contributed by atoms with E-state index in [0.717, 1.165) is 34.5 Å². The normalized spacial score (nSPS) is 11.6. The third kappa shape index (κ3) is 3.51. The number of H-pyrrole nitrogens is 1. The van der Waals surface area contributed by atoms with Gasteiger partial charge in [-0.1, -0.05) is 19.1 Å². The predicted molar refractivity (Wildman–Crippen MR) is 111 cm³/mol. The Morgan fingerprint density at radius 2 is 1.71 bits per heavy atom. The summed E-state index contributed by atoms with van der Waals surface area (Å²) >= 11 is 0. The molecule has 0 spiro atoms. The number of aromatic amines is 1. The molecule has 0 aliphatic carbocycles. The summed E-state index contributed by atoms with van der Waals surface area (Å²) in [6.07, 6.45) is 4.90. The lowest BCUT2D eigenvalue weighted by atomic mass is 10.1. The van der Waals surface area contributed by atoms with Crippen molar-refractivity contribution in [3.63, 3.8) is 0 Å². The summed E-state index contributed by atoms with van der Waals surface area (Å²) in [6, 6.07) is 18.4. The van der Waals surface area contributed by atoms with Crippen LogP contribution >= 0.6 is 0 Å². The SMILES string of the molecule is CCc1ccc(S(=O)(=O)Nc2ccc(-c3c[n+]4cccc(C)c4[nH]3)cc2)cc1. The Labute approximate surface area is 164 Å². The van der Waals surface area contributed by atoms with Gasteiger partial charge in [-0.05, 0) is 67.4 Å². The zero-order chi connectivity index (χ0) is 19.7. The van der Waals surface area contributed by atoms with E-state index in [4.69, 9.17) is 0 Å². The Hall–Kier alpha value is -3.12. The van der Waals surface area contributed by atoms with Crippen LogP contribution in [0.3, 0.4) is 0 Å². The number of pyridine rings is 1. The van der Waals surface area contributed by atoms with Crippen molar-refractivity contribution in [2.75, 3.05) is 4.72 Å². The highest BCUT2D eigenvalue weighted by molar-refractivity contribution is 7.92. The van der Waals surface area contributed by atoms with Gasteiger partial charge in [0.2, 0.25) is 0 Å². The zero-order valence-corrected chi connectivity index (χ0v) is 16.6. The lowest BCUT2D eigenvalue weighted by Gasteiger charge is -2.09. The Balaban J connectivity index is 1.57. The first-order valence-corrected chi connectivity index (χ1v) is 10.7. The van der Waals surface area contributed by atoms with Gasteiger partial charge in [0, 0.05) is 16.8 Å². The van der Waals surface area contributed by atoms with E-state index in [9.17, 15) is 8.42 Å². The minimum Gasteiger partial charge on any atom is -0.280 e. The number of aryl methyl sites for hydroxylation is 2. The van der Waals surface area contributed by atoms with Gasteiger partial charge in [-0.3, -0.25) is 4.72 Å². The quantitative estimate of drug-likeness (QED) is 0.502. The van der Waals surface area contributed by atoms with Crippen LogP contribution < -0.4 is 9.12 Å². The minimum absolute atomic E-state index is 0.260. The molecule has 0 radical (unpaired) electrons. The van der Waals surface area contributed by atoms with Crippen molar-refractivity contribution >= 4 is 21.4 Å². The second-order valence-corrected chi connectivity index (χ2v) is 8.48. The van der Waals surface area contributed by atoms with Gasteiger partial charge >= 0.3 is 0 Å². The van der Waals surface area contributed by atoms with Crippen LogP contribution in [0.1, 0.15) is 18.1 Å². The molecule has 4 aromatic rings. The molecule has 6 heteroatoms. The van der Waals surface area contributed by atoms with Crippen LogP contribution in [-0.2, 0) is 16.4 Å². The fraction of sp³-hybridized carbons (Fsp3) is 0.136. The summed E-state index contributed by atoms with van der Waals surface area (Å²) < 4.78 is 29.9. The molecule has 2 aromatic carbocycles. The number of aromatic nitrogens is 2. The van der Waals surface area contributed by atoms with E-state index >= 15 is 0 Å². The highest BCUT2D eigenvalue weighted by Crippen LogP contribution is 2.22.